The lowest BCUT2D eigenvalue weighted by atomic mass is 10.2. The van der Waals surface area contributed by atoms with E-state index in [1.807, 2.05) is 0 Å². The average molecular weight is 242 g/mol. The summed E-state index contributed by atoms with van der Waals surface area (Å²) in [6.07, 6.45) is 0.585. The van der Waals surface area contributed by atoms with Gasteiger partial charge in [-0.2, -0.15) is 0 Å². The first-order valence-electron chi connectivity index (χ1n) is 6.16. The Morgan fingerprint density at radius 1 is 1.41 bits per heavy atom. The summed E-state index contributed by atoms with van der Waals surface area (Å²) in [5.74, 6) is -0.289. The summed E-state index contributed by atoms with van der Waals surface area (Å²) >= 11 is 0. The molecule has 1 atom stereocenters. The van der Waals surface area contributed by atoms with Crippen molar-refractivity contribution in [1.29, 1.82) is 0 Å². The van der Waals surface area contributed by atoms with Gasteiger partial charge >= 0.3 is 6.03 Å². The van der Waals surface area contributed by atoms with Crippen LogP contribution in [0.3, 0.4) is 0 Å². The van der Waals surface area contributed by atoms with Crippen LogP contribution in [0.2, 0.25) is 0 Å². The van der Waals surface area contributed by atoms with Crippen molar-refractivity contribution in [2.45, 2.75) is 32.9 Å². The Labute approximate surface area is 102 Å². The van der Waals surface area contributed by atoms with Gasteiger partial charge in [0.05, 0.1) is 12.6 Å². The maximum absolute atomic E-state index is 11.5. The van der Waals surface area contributed by atoms with E-state index in [2.05, 4.69) is 24.1 Å². The predicted molar refractivity (Wildman–Crippen MR) is 65.2 cm³/mol. The van der Waals surface area contributed by atoms with E-state index < -0.39 is 6.17 Å². The third-order valence-electron chi connectivity index (χ3n) is 3.07. The monoisotopic (exact) mass is 242 g/mol. The van der Waals surface area contributed by atoms with E-state index in [1.165, 1.54) is 4.90 Å². The summed E-state index contributed by atoms with van der Waals surface area (Å²) in [6.45, 7) is 7.78. The van der Waals surface area contributed by atoms with Gasteiger partial charge in [-0.05, 0) is 26.1 Å². The van der Waals surface area contributed by atoms with Gasteiger partial charge in [0, 0.05) is 6.54 Å². The number of rotatable bonds is 6. The van der Waals surface area contributed by atoms with Gasteiger partial charge in [0.1, 0.15) is 0 Å². The highest BCUT2D eigenvalue weighted by Crippen LogP contribution is 2.06. The molecule has 0 aromatic heterocycles. The number of hydrogen-bond acceptors (Lipinski definition) is 4. The van der Waals surface area contributed by atoms with Gasteiger partial charge in [-0.15, -0.1) is 0 Å². The topological polar surface area (TPSA) is 78.7 Å². The van der Waals surface area contributed by atoms with Gasteiger partial charge in [-0.3, -0.25) is 10.1 Å². The summed E-state index contributed by atoms with van der Waals surface area (Å²) in [4.78, 5) is 26.4. The number of nitrogens with one attached hydrogen (secondary N) is 1. The predicted octanol–water partition coefficient (Wildman–Crippen LogP) is -0.0550. The molecule has 0 aliphatic carbocycles. The second kappa shape index (κ2) is 6.56. The zero-order valence-corrected chi connectivity index (χ0v) is 10.6. The van der Waals surface area contributed by atoms with Crippen LogP contribution in [-0.2, 0) is 4.79 Å². The van der Waals surface area contributed by atoms with E-state index in [9.17, 15) is 9.59 Å². The Hall–Kier alpha value is -1.14. The second-order valence-corrected chi connectivity index (χ2v) is 4.20. The third-order valence-corrected chi connectivity index (χ3v) is 3.07. The highest BCUT2D eigenvalue weighted by Gasteiger charge is 2.29. The number of nitrogens with zero attached hydrogens (tertiary/aromatic N) is 2. The molecule has 0 bridgehead atoms. The van der Waals surface area contributed by atoms with E-state index in [1.54, 1.807) is 0 Å². The molecule has 0 aromatic rings. The first-order valence-corrected chi connectivity index (χ1v) is 6.16. The van der Waals surface area contributed by atoms with Crippen LogP contribution in [0.15, 0.2) is 0 Å². The van der Waals surface area contributed by atoms with Crippen molar-refractivity contribution < 1.29 is 9.59 Å². The second-order valence-electron chi connectivity index (χ2n) is 4.20. The maximum Gasteiger partial charge on any atom is 0.325 e. The number of amides is 3. The lowest BCUT2D eigenvalue weighted by Crippen LogP contribution is -2.58. The van der Waals surface area contributed by atoms with Crippen molar-refractivity contribution in [1.82, 2.24) is 15.1 Å². The Balaban J connectivity index is 2.35. The lowest BCUT2D eigenvalue weighted by molar-refractivity contribution is -0.122. The minimum atomic E-state index is -0.479. The number of carbonyl (C=O) groups excluding carboxylic acids is 2. The molecule has 98 valence electrons. The van der Waals surface area contributed by atoms with Crippen molar-refractivity contribution in [3.8, 4) is 0 Å². The largest absolute Gasteiger partial charge is 0.325 e. The fourth-order valence-electron chi connectivity index (χ4n) is 1.96. The molecular formula is C11H22N4O2. The molecule has 3 amide bonds. The van der Waals surface area contributed by atoms with Crippen LogP contribution in [0, 0.1) is 0 Å². The molecule has 0 saturated carbocycles. The van der Waals surface area contributed by atoms with E-state index in [0.29, 0.717) is 6.54 Å². The number of carbonyl (C=O) groups is 2. The van der Waals surface area contributed by atoms with Crippen molar-refractivity contribution in [2.75, 3.05) is 26.2 Å². The quantitative estimate of drug-likeness (QED) is 0.684. The number of hydrogen-bond donors (Lipinski definition) is 2. The Morgan fingerprint density at radius 2 is 2.06 bits per heavy atom. The number of imide groups is 1. The molecule has 1 aliphatic heterocycles. The van der Waals surface area contributed by atoms with Crippen molar-refractivity contribution >= 4 is 11.9 Å². The third kappa shape index (κ3) is 3.98. The minimum Gasteiger partial charge on any atom is -0.311 e. The summed E-state index contributed by atoms with van der Waals surface area (Å²) < 4.78 is 0. The van der Waals surface area contributed by atoms with Crippen LogP contribution < -0.4 is 11.1 Å². The van der Waals surface area contributed by atoms with E-state index in [0.717, 1.165) is 26.1 Å². The molecule has 0 aromatic carbocycles. The first kappa shape index (κ1) is 13.9. The van der Waals surface area contributed by atoms with E-state index in [-0.39, 0.29) is 18.4 Å². The molecule has 3 N–H and O–H groups in total. The molecular weight excluding hydrogens is 220 g/mol. The SMILES string of the molecule is CCN(CC)CCCN1C(=O)NC(=O)CC1N. The Bertz CT molecular complexity index is 279. The number of nitrogens with two attached hydrogens (primary N) is 1. The highest BCUT2D eigenvalue weighted by atomic mass is 16.2. The standard InChI is InChI=1S/C11H22N4O2/c1-3-14(4-2)6-5-7-15-9(12)8-10(16)13-11(15)17/h9H,3-8,12H2,1-2H3,(H,13,16,17). The van der Waals surface area contributed by atoms with Gasteiger partial charge in [-0.25, -0.2) is 4.79 Å². The van der Waals surface area contributed by atoms with Gasteiger partial charge in [0.2, 0.25) is 5.91 Å². The van der Waals surface area contributed by atoms with E-state index in [4.69, 9.17) is 5.73 Å². The van der Waals surface area contributed by atoms with Crippen LogP contribution in [-0.4, -0.2) is 54.1 Å². The molecule has 17 heavy (non-hydrogen) atoms. The summed E-state index contributed by atoms with van der Waals surface area (Å²) in [6, 6.07) is -0.367. The Kier molecular flexibility index (Phi) is 5.37. The zero-order chi connectivity index (χ0) is 12.8. The van der Waals surface area contributed by atoms with Crippen LogP contribution in [0.5, 0.6) is 0 Å². The molecule has 1 rings (SSSR count). The van der Waals surface area contributed by atoms with Gasteiger partial charge < -0.3 is 15.5 Å². The molecule has 1 fully saturated rings. The van der Waals surface area contributed by atoms with Crippen LogP contribution >= 0.6 is 0 Å². The summed E-state index contributed by atoms with van der Waals surface area (Å²) in [5, 5.41) is 2.28. The van der Waals surface area contributed by atoms with Crippen LogP contribution in [0.1, 0.15) is 26.7 Å². The number of urea groups is 1. The lowest BCUT2D eigenvalue weighted by Gasteiger charge is -2.33. The smallest absolute Gasteiger partial charge is 0.311 e. The van der Waals surface area contributed by atoms with Crippen LogP contribution in [0.25, 0.3) is 0 Å². The normalized spacial score (nSPS) is 20.9. The molecule has 1 unspecified atom stereocenters. The summed E-state index contributed by atoms with van der Waals surface area (Å²) in [7, 11) is 0. The highest BCUT2D eigenvalue weighted by molar-refractivity contribution is 5.97. The fraction of sp³-hybridized carbons (Fsp3) is 0.818. The van der Waals surface area contributed by atoms with Gasteiger partial charge in [0.15, 0.2) is 0 Å². The molecule has 1 aliphatic rings. The molecule has 1 saturated heterocycles. The minimum absolute atomic E-state index is 0.191. The van der Waals surface area contributed by atoms with Crippen molar-refractivity contribution in [3.63, 3.8) is 0 Å². The molecule has 6 nitrogen and oxygen atoms in total. The van der Waals surface area contributed by atoms with Gasteiger partial charge in [-0.1, -0.05) is 13.8 Å². The zero-order valence-electron chi connectivity index (χ0n) is 10.6. The fourth-order valence-corrected chi connectivity index (χ4v) is 1.96. The molecule has 6 heteroatoms. The maximum atomic E-state index is 11.5. The average Bonchev–Trinajstić information content (AvgIpc) is 2.27. The molecule has 0 radical (unpaired) electrons. The van der Waals surface area contributed by atoms with Gasteiger partial charge in [0.25, 0.3) is 0 Å². The van der Waals surface area contributed by atoms with Crippen molar-refractivity contribution in [3.05, 3.63) is 0 Å². The first-order chi connectivity index (χ1) is 8.08. The molecule has 1 heterocycles. The molecule has 0 spiro atoms. The van der Waals surface area contributed by atoms with E-state index >= 15 is 0 Å². The van der Waals surface area contributed by atoms with Crippen LogP contribution in [0.4, 0.5) is 4.79 Å². The Morgan fingerprint density at radius 3 is 2.59 bits per heavy atom. The summed E-state index contributed by atoms with van der Waals surface area (Å²) in [5.41, 5.74) is 5.77. The van der Waals surface area contributed by atoms with Crippen molar-refractivity contribution in [2.24, 2.45) is 5.73 Å².